The van der Waals surface area contributed by atoms with E-state index in [1.54, 1.807) is 0 Å². The number of carbonyl (C=O) groups excluding carboxylic acids is 1. The molecule has 10 saturated carbocycles. The van der Waals surface area contributed by atoms with Gasteiger partial charge >= 0.3 is 0 Å². The summed E-state index contributed by atoms with van der Waals surface area (Å²) in [7, 11) is 9.30. The van der Waals surface area contributed by atoms with E-state index < -0.39 is 0 Å². The molecule has 1 aliphatic heterocycles. The van der Waals surface area contributed by atoms with Gasteiger partial charge in [-0.15, -0.1) is 11.6 Å². The van der Waals surface area contributed by atoms with Crippen LogP contribution in [0.4, 0.5) is 0 Å². The summed E-state index contributed by atoms with van der Waals surface area (Å²) in [6.07, 6.45) is 45.3. The van der Waals surface area contributed by atoms with Gasteiger partial charge in [0.05, 0.1) is 61.3 Å². The van der Waals surface area contributed by atoms with Crippen LogP contribution >= 0.6 is 11.6 Å². The van der Waals surface area contributed by atoms with Crippen molar-refractivity contribution in [3.8, 4) is 0 Å². The summed E-state index contributed by atoms with van der Waals surface area (Å²) in [4.78, 5) is 17.2. The van der Waals surface area contributed by atoms with E-state index in [4.69, 9.17) is 46.0 Å². The van der Waals surface area contributed by atoms with Gasteiger partial charge in [0.1, 0.15) is 12.1 Å². The van der Waals surface area contributed by atoms with Crippen molar-refractivity contribution in [1.29, 1.82) is 0 Å². The molecule has 90 heavy (non-hydrogen) atoms. The molecular weight excluding hydrogens is 1150 g/mol. The highest BCUT2D eigenvalue weighted by Gasteiger charge is 2.29. The van der Waals surface area contributed by atoms with Gasteiger partial charge in [-0.25, -0.2) is 4.89 Å². The predicted octanol–water partition coefficient (Wildman–Crippen LogP) is 18.2. The zero-order chi connectivity index (χ0) is 67.0. The van der Waals surface area contributed by atoms with Gasteiger partial charge in [-0.1, -0.05) is 128 Å². The first kappa shape index (κ1) is 85.0. The quantitative estimate of drug-likeness (QED) is 0.109. The Bertz CT molecular complexity index is 1690. The summed E-state index contributed by atoms with van der Waals surface area (Å²) in [5.41, 5.74) is 0. The maximum atomic E-state index is 10.7. The summed E-state index contributed by atoms with van der Waals surface area (Å²) in [6, 6.07) is 0.771. The molecule has 14 heteroatoms. The largest absolute Gasteiger partial charge is 0.393 e. The van der Waals surface area contributed by atoms with E-state index in [1.165, 1.54) is 161 Å². The number of alkyl halides is 1. The Morgan fingerprint density at radius 1 is 0.467 bits per heavy atom. The lowest BCUT2D eigenvalue weighted by atomic mass is 9.82. The molecule has 0 bridgehead atoms. The molecule has 11 rings (SSSR count). The van der Waals surface area contributed by atoms with Crippen LogP contribution in [0.25, 0.3) is 0 Å². The minimum absolute atomic E-state index is 0.0127. The lowest BCUT2D eigenvalue weighted by Crippen LogP contribution is -2.41. The average molecular weight is 1300 g/mol. The molecule has 1 heterocycles. The number of halogens is 1. The van der Waals surface area contributed by atoms with Crippen molar-refractivity contribution >= 4 is 23.7 Å². The van der Waals surface area contributed by atoms with Crippen molar-refractivity contribution in [2.24, 2.45) is 76.1 Å². The van der Waals surface area contributed by atoms with Crippen LogP contribution < -0.4 is 0 Å². The molecule has 0 aromatic heterocycles. The molecule has 0 aromatic rings. The number of aliphatic hydroxyl groups excluding tert-OH is 3. The van der Waals surface area contributed by atoms with Crippen molar-refractivity contribution in [2.45, 2.75) is 349 Å². The van der Waals surface area contributed by atoms with E-state index in [2.05, 4.69) is 91.0 Å². The average Bonchev–Trinajstić information content (AvgIpc) is 3.98. The second kappa shape index (κ2) is 50.3. The Labute approximate surface area is 560 Å². The Hall–Kier alpha value is -1.13. The zero-order valence-corrected chi connectivity index (χ0v) is 62.1. The number of nitrogens with zero attached hydrogens (tertiary/aromatic N) is 3. The number of hydrazone groups is 1. The monoisotopic (exact) mass is 1300 g/mol. The molecule has 0 amide bonds. The third-order valence-corrected chi connectivity index (χ3v) is 22.2. The van der Waals surface area contributed by atoms with Gasteiger partial charge in [0.15, 0.2) is 0 Å². The second-order valence-corrected chi connectivity index (χ2v) is 32.0. The fraction of sp³-hybridized carbons (Fsp3) is 0.974. The number of ketones is 1. The standard InChI is InChI=1S/C10H19N3.C9H18O.C8H16O.C7H13ClO.C7H14O2.4C7H14O.C7H12O/c1-9-3-4-10(7-9)13-6-5-12(2)11-8-13;1-7-4-5-8(2)9(6-7)10-3;1-7-4-3-5-8(6-7)9-2;1-5-2-3-6(8)7(9)4-5;1-6-2-3-7(4-6)5-9-8;2*1-6-3-4-7(5-6)8-2;3*1-6-3-2-4-7(8)5-6/h8-10H,3-7H2,1-2H3;7-9H,4-6H2,1-3H3;7-8H,3-6H2,1-2H3;5-7,9H,2-4H2,1H3;6-8H,2-5H2,1H3;2*6-7H,3-5H2,1-2H3;2*6-8H,2-5H2,1H3;6H,2-5H2,1H3. The van der Waals surface area contributed by atoms with Gasteiger partial charge < -0.3 is 39.2 Å². The molecule has 10 aliphatic carbocycles. The summed E-state index contributed by atoms with van der Waals surface area (Å²) in [6.45, 7) is 27.6. The SMILES string of the molecule is CC1CCC(COO)C1.CC1CCC(Cl)C(O)C1.CC1CCC(N2C=NN(C)CC2)C1.CC1CCCC(=O)C1.CC1CCCC(O)C1.CC1CCCC(O)C1.COC1CC(C)CCC1C.COC1CCC(C)C1.COC1CCC(C)C1.COC1CCCC(C)C1. The summed E-state index contributed by atoms with van der Waals surface area (Å²) < 4.78 is 21.0. The van der Waals surface area contributed by atoms with E-state index in [0.717, 1.165) is 130 Å². The van der Waals surface area contributed by atoms with Gasteiger partial charge in [0, 0.05) is 60.9 Å². The Balaban J connectivity index is 0.000000342. The molecule has 4 N–H and O–H groups in total. The van der Waals surface area contributed by atoms with Crippen LogP contribution in [0, 0.1) is 71.0 Å². The maximum Gasteiger partial charge on any atom is 0.133 e. The summed E-state index contributed by atoms with van der Waals surface area (Å²) in [5, 5.41) is 41.8. The highest BCUT2D eigenvalue weighted by atomic mass is 35.5. The Kier molecular flexibility index (Phi) is 47.4. The van der Waals surface area contributed by atoms with Gasteiger partial charge in [0.25, 0.3) is 0 Å². The van der Waals surface area contributed by atoms with E-state index in [0.29, 0.717) is 54.6 Å². The van der Waals surface area contributed by atoms with Crippen molar-refractivity contribution in [1.82, 2.24) is 9.91 Å². The fourth-order valence-electron chi connectivity index (χ4n) is 15.4. The Morgan fingerprint density at radius 2 is 0.911 bits per heavy atom. The number of hydrogen-bond acceptors (Lipinski definition) is 13. The van der Waals surface area contributed by atoms with Crippen LogP contribution in [0.15, 0.2) is 5.10 Å². The van der Waals surface area contributed by atoms with Crippen LogP contribution in [0.2, 0.25) is 0 Å². The predicted molar refractivity (Wildman–Crippen MR) is 377 cm³/mol. The molecule has 0 spiro atoms. The van der Waals surface area contributed by atoms with Crippen LogP contribution in [0.3, 0.4) is 0 Å². The summed E-state index contributed by atoms with van der Waals surface area (Å²) >= 11 is 5.78. The molecule has 11 aliphatic rings. The first-order valence-electron chi connectivity index (χ1n) is 37.4. The van der Waals surface area contributed by atoms with Crippen LogP contribution in [-0.2, 0) is 28.6 Å². The Morgan fingerprint density at radius 3 is 1.26 bits per heavy atom. The van der Waals surface area contributed by atoms with Gasteiger partial charge in [0.2, 0.25) is 0 Å². The first-order chi connectivity index (χ1) is 42.9. The van der Waals surface area contributed by atoms with Crippen molar-refractivity contribution in [3.63, 3.8) is 0 Å². The number of rotatable bonds is 7. The number of aliphatic hydroxyl groups is 3. The zero-order valence-electron chi connectivity index (χ0n) is 61.3. The van der Waals surface area contributed by atoms with Gasteiger partial charge in [-0.05, 0) is 225 Å². The maximum absolute atomic E-state index is 10.7. The van der Waals surface area contributed by atoms with E-state index in [9.17, 15) is 9.90 Å². The van der Waals surface area contributed by atoms with Crippen LogP contribution in [-0.4, -0.2) is 152 Å². The van der Waals surface area contributed by atoms with Crippen LogP contribution in [0.5, 0.6) is 0 Å². The highest BCUT2D eigenvalue weighted by molar-refractivity contribution is 6.21. The molecule has 534 valence electrons. The molecule has 21 unspecified atom stereocenters. The number of ether oxygens (including phenoxy) is 4. The first-order valence-corrected chi connectivity index (χ1v) is 37.9. The number of likely N-dealkylation sites (N-methyl/N-ethyl adjacent to an activating group) is 1. The van der Waals surface area contributed by atoms with E-state index in [1.807, 2.05) is 46.8 Å². The third kappa shape index (κ3) is 40.4. The topological polar surface area (TPSA) is 163 Å². The molecule has 0 saturated heterocycles. The smallest absolute Gasteiger partial charge is 0.133 e. The third-order valence-electron chi connectivity index (χ3n) is 21.7. The lowest BCUT2D eigenvalue weighted by Gasteiger charge is -2.32. The normalized spacial score (nSPS) is 37.9. The second-order valence-electron chi connectivity index (χ2n) is 31.4. The molecule has 0 aromatic carbocycles. The summed E-state index contributed by atoms with van der Waals surface area (Å²) in [5.74, 6) is 10.0. The number of methoxy groups -OCH3 is 4. The molecule has 13 nitrogen and oxygen atoms in total. The highest BCUT2D eigenvalue weighted by Crippen LogP contribution is 2.33. The van der Waals surface area contributed by atoms with Gasteiger partial charge in [-0.2, -0.15) is 5.10 Å². The number of Topliss-reactive ketones (excluding diaryl/α,β-unsaturated/α-hetero) is 1. The van der Waals surface area contributed by atoms with E-state index >= 15 is 0 Å². The van der Waals surface area contributed by atoms with Crippen molar-refractivity contribution in [2.75, 3.05) is 55.2 Å². The molecule has 10 fully saturated rings. The minimum atomic E-state index is -0.254. The van der Waals surface area contributed by atoms with E-state index in [-0.39, 0.29) is 23.7 Å². The number of hydrogen-bond donors (Lipinski definition) is 4. The van der Waals surface area contributed by atoms with Gasteiger partial charge in [-0.3, -0.25) is 15.1 Å². The number of carbonyl (C=O) groups is 1. The van der Waals surface area contributed by atoms with Crippen LogP contribution in [0.1, 0.15) is 294 Å². The minimum Gasteiger partial charge on any atom is -0.393 e. The fourth-order valence-corrected chi connectivity index (χ4v) is 15.6. The molecular formula is C76H148ClN3O10. The molecule has 21 atom stereocenters. The van der Waals surface area contributed by atoms with Crippen molar-refractivity contribution in [3.05, 3.63) is 0 Å². The molecule has 0 radical (unpaired) electrons. The lowest BCUT2D eigenvalue weighted by molar-refractivity contribution is -0.250. The van der Waals surface area contributed by atoms with Crippen molar-refractivity contribution < 1.29 is 49.2 Å².